The van der Waals surface area contributed by atoms with Gasteiger partial charge in [-0.05, 0) is 42.4 Å². The zero-order valence-electron chi connectivity index (χ0n) is 19.7. The Morgan fingerprint density at radius 1 is 0.829 bits per heavy atom. The Bertz CT molecular complexity index is 1440. The van der Waals surface area contributed by atoms with Crippen LogP contribution in [0.25, 0.3) is 10.9 Å². The van der Waals surface area contributed by atoms with Crippen LogP contribution in [0.4, 0.5) is 11.6 Å². The van der Waals surface area contributed by atoms with Gasteiger partial charge in [-0.15, -0.1) is 0 Å². The largest absolute Gasteiger partial charge is 0.369 e. The molecule has 1 amide bonds. The standard InChI is InChI=1S/C28H27N5O2/c1-30-15-17-31(18-16-30)22-13-11-20(12-14-22)19-32-27(35)25(21-7-3-2-4-8-21)33-26(34)23-9-5-6-10-24(23)29-28(32)33/h2-14,25H,15-19H2,1H3. The van der Waals surface area contributed by atoms with Crippen LogP contribution in [-0.4, -0.2) is 53.6 Å². The number of hydrogen-bond acceptors (Lipinski definition) is 5. The number of amides is 1. The molecule has 2 aliphatic heterocycles. The number of piperazine rings is 1. The number of anilines is 2. The number of para-hydroxylation sites is 1. The van der Waals surface area contributed by atoms with Crippen LogP contribution in [0.2, 0.25) is 0 Å². The minimum atomic E-state index is -0.722. The van der Waals surface area contributed by atoms with E-state index in [0.717, 1.165) is 37.3 Å². The molecule has 7 heteroatoms. The molecule has 1 aromatic heterocycles. The number of fused-ring (bicyclic) bond motifs is 2. The molecule has 176 valence electrons. The van der Waals surface area contributed by atoms with Gasteiger partial charge in [0.15, 0.2) is 0 Å². The zero-order valence-corrected chi connectivity index (χ0v) is 19.7. The molecule has 0 spiro atoms. The van der Waals surface area contributed by atoms with Gasteiger partial charge in [-0.25, -0.2) is 4.98 Å². The van der Waals surface area contributed by atoms with Crippen molar-refractivity contribution < 1.29 is 4.79 Å². The molecule has 1 saturated heterocycles. The maximum Gasteiger partial charge on any atom is 0.263 e. The fourth-order valence-electron chi connectivity index (χ4n) is 5.05. The highest BCUT2D eigenvalue weighted by atomic mass is 16.2. The lowest BCUT2D eigenvalue weighted by Gasteiger charge is -2.34. The fourth-order valence-corrected chi connectivity index (χ4v) is 5.05. The number of nitrogens with zero attached hydrogens (tertiary/aromatic N) is 5. The average molecular weight is 466 g/mol. The average Bonchev–Trinajstić information content (AvgIpc) is 3.17. The van der Waals surface area contributed by atoms with Crippen LogP contribution in [0.15, 0.2) is 83.7 Å². The van der Waals surface area contributed by atoms with Crippen molar-refractivity contribution >= 4 is 28.4 Å². The Kier molecular flexibility index (Phi) is 5.34. The molecule has 6 rings (SSSR count). The first-order valence-electron chi connectivity index (χ1n) is 12.0. The summed E-state index contributed by atoms with van der Waals surface area (Å²) in [5, 5.41) is 0.517. The number of carbonyl (C=O) groups excluding carboxylic acids is 1. The van der Waals surface area contributed by atoms with Gasteiger partial charge in [0.1, 0.15) is 6.04 Å². The first-order chi connectivity index (χ1) is 17.1. The van der Waals surface area contributed by atoms with Crippen molar-refractivity contribution in [3.05, 3.63) is 100 Å². The first-order valence-corrected chi connectivity index (χ1v) is 12.0. The fraction of sp³-hybridized carbons (Fsp3) is 0.250. The van der Waals surface area contributed by atoms with Crippen molar-refractivity contribution in [2.45, 2.75) is 12.6 Å². The smallest absolute Gasteiger partial charge is 0.263 e. The molecule has 35 heavy (non-hydrogen) atoms. The maximum absolute atomic E-state index is 13.8. The van der Waals surface area contributed by atoms with Crippen LogP contribution in [-0.2, 0) is 11.3 Å². The quantitative estimate of drug-likeness (QED) is 0.463. The number of likely N-dealkylation sites (N-methyl/N-ethyl adjacent to an activating group) is 1. The van der Waals surface area contributed by atoms with E-state index in [-0.39, 0.29) is 11.5 Å². The van der Waals surface area contributed by atoms with E-state index in [1.54, 1.807) is 15.5 Å². The van der Waals surface area contributed by atoms with Gasteiger partial charge in [-0.3, -0.25) is 19.1 Å². The molecule has 1 fully saturated rings. The van der Waals surface area contributed by atoms with Gasteiger partial charge >= 0.3 is 0 Å². The van der Waals surface area contributed by atoms with Gasteiger partial charge in [0.2, 0.25) is 5.95 Å². The number of hydrogen-bond donors (Lipinski definition) is 0. The summed E-state index contributed by atoms with van der Waals surface area (Å²) in [5.41, 5.74) is 3.38. The van der Waals surface area contributed by atoms with E-state index in [0.29, 0.717) is 23.4 Å². The van der Waals surface area contributed by atoms with Gasteiger partial charge in [-0.1, -0.05) is 54.6 Å². The van der Waals surface area contributed by atoms with E-state index in [4.69, 9.17) is 4.98 Å². The Labute approximate surface area is 203 Å². The summed E-state index contributed by atoms with van der Waals surface area (Å²) in [7, 11) is 2.15. The molecule has 4 aromatic rings. The third-order valence-corrected chi connectivity index (χ3v) is 7.05. The SMILES string of the molecule is CN1CCN(c2ccc(CN3C(=O)C(c4ccccc4)n4c3nc3ccccc3c4=O)cc2)CC1. The monoisotopic (exact) mass is 465 g/mol. The van der Waals surface area contributed by atoms with E-state index in [9.17, 15) is 9.59 Å². The topological polar surface area (TPSA) is 61.7 Å². The van der Waals surface area contributed by atoms with Gasteiger partial charge < -0.3 is 9.80 Å². The Morgan fingerprint density at radius 3 is 2.26 bits per heavy atom. The highest BCUT2D eigenvalue weighted by Crippen LogP contribution is 2.34. The minimum Gasteiger partial charge on any atom is -0.369 e. The summed E-state index contributed by atoms with van der Waals surface area (Å²) in [6.45, 7) is 4.47. The lowest BCUT2D eigenvalue weighted by atomic mass is 10.1. The summed E-state index contributed by atoms with van der Waals surface area (Å²) in [6.07, 6.45) is 0. The van der Waals surface area contributed by atoms with E-state index in [1.165, 1.54) is 5.69 Å². The third-order valence-electron chi connectivity index (χ3n) is 7.05. The number of carbonyl (C=O) groups is 1. The predicted octanol–water partition coefficient (Wildman–Crippen LogP) is 3.28. The van der Waals surface area contributed by atoms with Crippen molar-refractivity contribution in [1.82, 2.24) is 14.5 Å². The summed E-state index contributed by atoms with van der Waals surface area (Å²) >= 11 is 0. The summed E-state index contributed by atoms with van der Waals surface area (Å²) in [4.78, 5) is 38.4. The Hall–Kier alpha value is -3.97. The maximum atomic E-state index is 13.8. The highest BCUT2D eigenvalue weighted by Gasteiger charge is 2.40. The second-order valence-corrected chi connectivity index (χ2v) is 9.30. The normalized spacial score (nSPS) is 18.3. The van der Waals surface area contributed by atoms with Crippen molar-refractivity contribution in [2.75, 3.05) is 43.0 Å². The number of aromatic nitrogens is 2. The number of benzene rings is 3. The number of rotatable bonds is 4. The molecule has 3 heterocycles. The van der Waals surface area contributed by atoms with Crippen LogP contribution >= 0.6 is 0 Å². The van der Waals surface area contributed by atoms with Gasteiger partial charge in [-0.2, -0.15) is 0 Å². The van der Waals surface area contributed by atoms with Gasteiger partial charge in [0.05, 0.1) is 17.4 Å². The van der Waals surface area contributed by atoms with Crippen molar-refractivity contribution in [2.24, 2.45) is 0 Å². The molecular formula is C28H27N5O2. The molecule has 0 bridgehead atoms. The van der Waals surface area contributed by atoms with Crippen molar-refractivity contribution in [1.29, 1.82) is 0 Å². The van der Waals surface area contributed by atoms with E-state index < -0.39 is 6.04 Å². The minimum absolute atomic E-state index is 0.140. The summed E-state index contributed by atoms with van der Waals surface area (Å²) < 4.78 is 1.55. The molecular weight excluding hydrogens is 438 g/mol. The highest BCUT2D eigenvalue weighted by molar-refractivity contribution is 6.01. The molecule has 2 aliphatic rings. The zero-order chi connectivity index (χ0) is 23.9. The third kappa shape index (κ3) is 3.78. The summed E-state index contributed by atoms with van der Waals surface area (Å²) in [5.74, 6) is 0.259. The first kappa shape index (κ1) is 21.6. The Balaban J connectivity index is 1.37. The van der Waals surface area contributed by atoms with Gasteiger partial charge in [0.25, 0.3) is 11.5 Å². The van der Waals surface area contributed by atoms with Crippen molar-refractivity contribution in [3.63, 3.8) is 0 Å². The molecule has 0 radical (unpaired) electrons. The van der Waals surface area contributed by atoms with Crippen LogP contribution in [0.5, 0.6) is 0 Å². The van der Waals surface area contributed by atoms with Crippen LogP contribution in [0.1, 0.15) is 17.2 Å². The summed E-state index contributed by atoms with van der Waals surface area (Å²) in [6, 6.07) is 24.4. The van der Waals surface area contributed by atoms with Crippen LogP contribution in [0, 0.1) is 0 Å². The van der Waals surface area contributed by atoms with E-state index in [1.807, 2.05) is 48.5 Å². The predicted molar refractivity (Wildman–Crippen MR) is 138 cm³/mol. The van der Waals surface area contributed by atoms with E-state index in [2.05, 4.69) is 41.1 Å². The molecule has 0 saturated carbocycles. The lowest BCUT2D eigenvalue weighted by molar-refractivity contribution is -0.119. The molecule has 1 atom stereocenters. The molecule has 7 nitrogen and oxygen atoms in total. The second-order valence-electron chi connectivity index (χ2n) is 9.30. The molecule has 3 aromatic carbocycles. The molecule has 1 unspecified atom stereocenters. The van der Waals surface area contributed by atoms with Crippen molar-refractivity contribution in [3.8, 4) is 0 Å². The van der Waals surface area contributed by atoms with E-state index >= 15 is 0 Å². The van der Waals surface area contributed by atoms with Crippen LogP contribution < -0.4 is 15.4 Å². The van der Waals surface area contributed by atoms with Gasteiger partial charge in [0, 0.05) is 31.9 Å². The lowest BCUT2D eigenvalue weighted by Crippen LogP contribution is -2.44. The second kappa shape index (κ2) is 8.67. The molecule has 0 N–H and O–H groups in total. The van der Waals surface area contributed by atoms with Crippen LogP contribution in [0.3, 0.4) is 0 Å². The molecule has 0 aliphatic carbocycles. The Morgan fingerprint density at radius 2 is 1.51 bits per heavy atom.